The first-order valence-electron chi connectivity index (χ1n) is 4.41. The Morgan fingerprint density at radius 1 is 1.38 bits per heavy atom. The van der Waals surface area contributed by atoms with E-state index in [1.807, 2.05) is 20.8 Å². The van der Waals surface area contributed by atoms with Crippen molar-refractivity contribution in [2.24, 2.45) is 5.92 Å². The highest BCUT2D eigenvalue weighted by atomic mass is 16.5. The Balaban J connectivity index is 3.98. The molecule has 0 saturated carbocycles. The Morgan fingerprint density at radius 3 is 2.31 bits per heavy atom. The molecular formula is C9H17NO3. The van der Waals surface area contributed by atoms with Crippen LogP contribution in [0.2, 0.25) is 0 Å². The maximum Gasteiger partial charge on any atom is 0.396 e. The number of ether oxygens (including phenoxy) is 1. The molecule has 13 heavy (non-hydrogen) atoms. The van der Waals surface area contributed by atoms with E-state index in [9.17, 15) is 9.59 Å². The maximum atomic E-state index is 11.0. The van der Waals surface area contributed by atoms with Gasteiger partial charge in [0.1, 0.15) is 0 Å². The number of methoxy groups -OCH3 is 1. The minimum absolute atomic E-state index is 0.00315. The molecule has 0 rings (SSSR count). The zero-order valence-corrected chi connectivity index (χ0v) is 8.59. The average molecular weight is 187 g/mol. The molecule has 4 heteroatoms. The van der Waals surface area contributed by atoms with E-state index >= 15 is 0 Å². The molecule has 1 amide bonds. The number of hydrogen-bond acceptors (Lipinski definition) is 3. The zero-order valence-electron chi connectivity index (χ0n) is 8.59. The predicted octanol–water partition coefficient (Wildman–Crippen LogP) is 0.710. The number of carbonyl (C=O) groups excluding carboxylic acids is 2. The molecular weight excluding hydrogens is 170 g/mol. The van der Waals surface area contributed by atoms with Crippen LogP contribution in [0.5, 0.6) is 0 Å². The fourth-order valence-electron chi connectivity index (χ4n) is 0.854. The third kappa shape index (κ3) is 3.92. The van der Waals surface area contributed by atoms with Crippen molar-refractivity contribution >= 4 is 11.9 Å². The fourth-order valence-corrected chi connectivity index (χ4v) is 0.854. The molecule has 0 saturated heterocycles. The van der Waals surface area contributed by atoms with E-state index in [0.29, 0.717) is 5.92 Å². The number of hydrogen-bond donors (Lipinski definition) is 1. The summed E-state index contributed by atoms with van der Waals surface area (Å²) in [5.41, 5.74) is 0. The van der Waals surface area contributed by atoms with Crippen molar-refractivity contribution in [2.45, 2.75) is 33.2 Å². The first-order valence-corrected chi connectivity index (χ1v) is 4.41. The van der Waals surface area contributed by atoms with E-state index in [1.165, 1.54) is 7.11 Å². The Labute approximate surface area is 78.6 Å². The van der Waals surface area contributed by atoms with Crippen LogP contribution in [0.15, 0.2) is 0 Å². The number of rotatable bonds is 3. The molecule has 0 radical (unpaired) electrons. The van der Waals surface area contributed by atoms with E-state index < -0.39 is 11.9 Å². The lowest BCUT2D eigenvalue weighted by atomic mass is 10.0. The molecule has 0 aliphatic carbocycles. The van der Waals surface area contributed by atoms with Gasteiger partial charge in [-0.05, 0) is 12.8 Å². The van der Waals surface area contributed by atoms with Crippen molar-refractivity contribution in [3.05, 3.63) is 0 Å². The summed E-state index contributed by atoms with van der Waals surface area (Å²) in [7, 11) is 1.19. The SMILES string of the molecule is CCC(C)C(C)NC(=O)C(=O)OC. The molecule has 0 spiro atoms. The minimum atomic E-state index is -0.838. The van der Waals surface area contributed by atoms with Crippen molar-refractivity contribution in [3.8, 4) is 0 Å². The van der Waals surface area contributed by atoms with Gasteiger partial charge in [0.05, 0.1) is 7.11 Å². The number of amides is 1. The molecule has 0 fully saturated rings. The first kappa shape index (κ1) is 11.9. The smallest absolute Gasteiger partial charge is 0.396 e. The highest BCUT2D eigenvalue weighted by Crippen LogP contribution is 2.06. The zero-order chi connectivity index (χ0) is 10.4. The third-order valence-corrected chi connectivity index (χ3v) is 2.23. The van der Waals surface area contributed by atoms with Gasteiger partial charge in [0, 0.05) is 6.04 Å². The standard InChI is InChI=1S/C9H17NO3/c1-5-6(2)7(3)10-8(11)9(12)13-4/h6-7H,5H2,1-4H3,(H,10,11). The van der Waals surface area contributed by atoms with E-state index in [2.05, 4.69) is 10.1 Å². The number of carbonyl (C=O) groups is 2. The van der Waals surface area contributed by atoms with Crippen molar-refractivity contribution in [3.63, 3.8) is 0 Å². The van der Waals surface area contributed by atoms with Gasteiger partial charge in [0.25, 0.3) is 0 Å². The average Bonchev–Trinajstić information content (AvgIpc) is 2.14. The molecule has 0 aromatic heterocycles. The Bertz CT molecular complexity index is 191. The van der Waals surface area contributed by atoms with E-state index in [0.717, 1.165) is 6.42 Å². The lowest BCUT2D eigenvalue weighted by molar-refractivity contribution is -0.153. The van der Waals surface area contributed by atoms with Crippen molar-refractivity contribution in [1.29, 1.82) is 0 Å². The summed E-state index contributed by atoms with van der Waals surface area (Å²) < 4.78 is 4.28. The summed E-state index contributed by atoms with van der Waals surface area (Å²) in [5.74, 6) is -1.15. The Morgan fingerprint density at radius 2 is 1.92 bits per heavy atom. The van der Waals surface area contributed by atoms with Gasteiger partial charge >= 0.3 is 11.9 Å². The van der Waals surface area contributed by atoms with E-state index in [-0.39, 0.29) is 6.04 Å². The van der Waals surface area contributed by atoms with Crippen LogP contribution in [-0.4, -0.2) is 25.0 Å². The summed E-state index contributed by atoms with van der Waals surface area (Å²) in [6, 6.07) is -0.00315. The van der Waals surface area contributed by atoms with Crippen molar-refractivity contribution in [2.75, 3.05) is 7.11 Å². The molecule has 2 atom stereocenters. The summed E-state index contributed by atoms with van der Waals surface area (Å²) in [6.45, 7) is 5.92. The number of esters is 1. The van der Waals surface area contributed by atoms with Gasteiger partial charge in [0.15, 0.2) is 0 Å². The molecule has 1 N–H and O–H groups in total. The Kier molecular flexibility index (Phi) is 5.11. The molecule has 0 aromatic carbocycles. The van der Waals surface area contributed by atoms with Crippen LogP contribution >= 0.6 is 0 Å². The van der Waals surface area contributed by atoms with Crippen LogP contribution in [0.1, 0.15) is 27.2 Å². The van der Waals surface area contributed by atoms with Gasteiger partial charge in [-0.2, -0.15) is 0 Å². The molecule has 0 aliphatic heterocycles. The Hall–Kier alpha value is -1.06. The van der Waals surface area contributed by atoms with Crippen molar-refractivity contribution < 1.29 is 14.3 Å². The van der Waals surface area contributed by atoms with Crippen LogP contribution in [0.25, 0.3) is 0 Å². The second-order valence-electron chi connectivity index (χ2n) is 3.14. The van der Waals surface area contributed by atoms with Gasteiger partial charge in [-0.3, -0.25) is 4.79 Å². The van der Waals surface area contributed by atoms with Crippen LogP contribution in [-0.2, 0) is 14.3 Å². The summed E-state index contributed by atoms with van der Waals surface area (Å²) >= 11 is 0. The molecule has 0 aliphatic rings. The maximum absolute atomic E-state index is 11.0. The first-order chi connectivity index (χ1) is 6.02. The molecule has 0 aromatic rings. The monoisotopic (exact) mass is 187 g/mol. The van der Waals surface area contributed by atoms with Crippen molar-refractivity contribution in [1.82, 2.24) is 5.32 Å². The summed E-state index contributed by atoms with van der Waals surface area (Å²) in [4.78, 5) is 21.7. The van der Waals surface area contributed by atoms with Crippen LogP contribution in [0, 0.1) is 5.92 Å². The number of nitrogens with one attached hydrogen (secondary N) is 1. The molecule has 76 valence electrons. The largest absolute Gasteiger partial charge is 0.462 e. The second kappa shape index (κ2) is 5.56. The lowest BCUT2D eigenvalue weighted by Crippen LogP contribution is -2.41. The quantitative estimate of drug-likeness (QED) is 0.523. The van der Waals surface area contributed by atoms with Gasteiger partial charge in [-0.25, -0.2) is 4.79 Å². The third-order valence-electron chi connectivity index (χ3n) is 2.23. The second-order valence-corrected chi connectivity index (χ2v) is 3.14. The molecule has 4 nitrogen and oxygen atoms in total. The van der Waals surface area contributed by atoms with Gasteiger partial charge < -0.3 is 10.1 Å². The van der Waals surface area contributed by atoms with Crippen LogP contribution in [0.3, 0.4) is 0 Å². The van der Waals surface area contributed by atoms with Crippen LogP contribution in [0.4, 0.5) is 0 Å². The predicted molar refractivity (Wildman–Crippen MR) is 49.1 cm³/mol. The highest BCUT2D eigenvalue weighted by molar-refractivity contribution is 6.32. The van der Waals surface area contributed by atoms with E-state index in [1.54, 1.807) is 0 Å². The highest BCUT2D eigenvalue weighted by Gasteiger charge is 2.18. The fraction of sp³-hybridized carbons (Fsp3) is 0.778. The topological polar surface area (TPSA) is 55.4 Å². The van der Waals surface area contributed by atoms with Gasteiger partial charge in [0.2, 0.25) is 0 Å². The summed E-state index contributed by atoms with van der Waals surface area (Å²) in [6.07, 6.45) is 0.961. The lowest BCUT2D eigenvalue weighted by Gasteiger charge is -2.18. The minimum Gasteiger partial charge on any atom is -0.462 e. The van der Waals surface area contributed by atoms with E-state index in [4.69, 9.17) is 0 Å². The summed E-state index contributed by atoms with van der Waals surface area (Å²) in [5, 5.41) is 2.57. The van der Waals surface area contributed by atoms with Gasteiger partial charge in [-0.1, -0.05) is 20.3 Å². The normalized spacial score (nSPS) is 14.5. The van der Waals surface area contributed by atoms with Gasteiger partial charge in [-0.15, -0.1) is 0 Å². The van der Waals surface area contributed by atoms with Crippen LogP contribution < -0.4 is 5.32 Å². The molecule has 0 bridgehead atoms. The molecule has 2 unspecified atom stereocenters. The molecule has 0 heterocycles.